The minimum atomic E-state index is -3.43. The lowest BCUT2D eigenvalue weighted by Gasteiger charge is -2.07. The van der Waals surface area contributed by atoms with Crippen LogP contribution < -0.4 is 0 Å². The van der Waals surface area contributed by atoms with Gasteiger partial charge in [-0.3, -0.25) is 0 Å². The zero-order chi connectivity index (χ0) is 16.3. The Morgan fingerprint density at radius 3 is 2.59 bits per heavy atom. The number of thiazole rings is 1. The SMILES string of the molecule is CCCc1nc(CS(=O)(=O)C(C)c2nc(C(C)C)no2)cs1. The van der Waals surface area contributed by atoms with Gasteiger partial charge in [-0.05, 0) is 19.8 Å². The molecule has 0 spiro atoms. The second-order valence-corrected chi connectivity index (χ2v) is 8.84. The molecular weight excluding hydrogens is 322 g/mol. The summed E-state index contributed by atoms with van der Waals surface area (Å²) in [5.41, 5.74) is 0.587. The maximum atomic E-state index is 12.5. The van der Waals surface area contributed by atoms with Crippen molar-refractivity contribution in [1.29, 1.82) is 0 Å². The van der Waals surface area contributed by atoms with Crippen molar-refractivity contribution in [3.8, 4) is 0 Å². The van der Waals surface area contributed by atoms with Crippen LogP contribution in [0.3, 0.4) is 0 Å². The summed E-state index contributed by atoms with van der Waals surface area (Å²) >= 11 is 1.50. The summed E-state index contributed by atoms with van der Waals surface area (Å²) < 4.78 is 30.1. The highest BCUT2D eigenvalue weighted by Crippen LogP contribution is 2.26. The first kappa shape index (κ1) is 17.1. The average molecular weight is 343 g/mol. The first-order valence-corrected chi connectivity index (χ1v) is 9.91. The van der Waals surface area contributed by atoms with Gasteiger partial charge >= 0.3 is 0 Å². The van der Waals surface area contributed by atoms with E-state index in [-0.39, 0.29) is 17.6 Å². The number of aromatic nitrogens is 3. The molecule has 0 radical (unpaired) electrons. The van der Waals surface area contributed by atoms with Gasteiger partial charge in [0.1, 0.15) is 5.25 Å². The minimum absolute atomic E-state index is 0.0996. The van der Waals surface area contributed by atoms with Gasteiger partial charge in [0.15, 0.2) is 15.7 Å². The molecule has 0 aliphatic rings. The number of rotatable bonds is 7. The van der Waals surface area contributed by atoms with Gasteiger partial charge in [-0.25, -0.2) is 13.4 Å². The van der Waals surface area contributed by atoms with Crippen LogP contribution >= 0.6 is 11.3 Å². The molecule has 2 aromatic rings. The standard InChI is InChI=1S/C14H21N3O3S2/c1-5-6-12-15-11(7-21-12)8-22(18,19)10(4)14-16-13(9(2)3)17-20-14/h7,9-10H,5-6,8H2,1-4H3. The largest absolute Gasteiger partial charge is 0.338 e. The monoisotopic (exact) mass is 343 g/mol. The predicted octanol–water partition coefficient (Wildman–Crippen LogP) is 3.28. The summed E-state index contributed by atoms with van der Waals surface area (Å²) in [6, 6.07) is 0. The molecule has 6 nitrogen and oxygen atoms in total. The van der Waals surface area contributed by atoms with Crippen LogP contribution in [-0.2, 0) is 22.0 Å². The Labute approximate surface area is 134 Å². The predicted molar refractivity (Wildman–Crippen MR) is 85.5 cm³/mol. The molecule has 2 aromatic heterocycles. The first-order valence-electron chi connectivity index (χ1n) is 7.31. The van der Waals surface area contributed by atoms with E-state index in [1.807, 2.05) is 19.2 Å². The Morgan fingerprint density at radius 1 is 1.27 bits per heavy atom. The Balaban J connectivity index is 2.13. The van der Waals surface area contributed by atoms with Gasteiger partial charge < -0.3 is 4.52 Å². The Kier molecular flexibility index (Phi) is 5.33. The van der Waals surface area contributed by atoms with E-state index in [2.05, 4.69) is 22.0 Å². The summed E-state index contributed by atoms with van der Waals surface area (Å²) in [7, 11) is -3.43. The van der Waals surface area contributed by atoms with Gasteiger partial charge in [-0.1, -0.05) is 25.9 Å². The molecule has 0 aliphatic carbocycles. The second kappa shape index (κ2) is 6.87. The number of nitrogens with zero attached hydrogens (tertiary/aromatic N) is 3. The molecule has 0 amide bonds. The number of sulfone groups is 1. The maximum Gasteiger partial charge on any atom is 0.244 e. The molecule has 0 saturated carbocycles. The van der Waals surface area contributed by atoms with Gasteiger partial charge in [-0.2, -0.15) is 4.98 Å². The fourth-order valence-electron chi connectivity index (χ4n) is 1.88. The van der Waals surface area contributed by atoms with Crippen molar-refractivity contribution in [1.82, 2.24) is 15.1 Å². The number of hydrogen-bond acceptors (Lipinski definition) is 7. The third-order valence-electron chi connectivity index (χ3n) is 3.27. The topological polar surface area (TPSA) is 86.0 Å². The molecule has 0 fully saturated rings. The van der Waals surface area contributed by atoms with E-state index in [0.29, 0.717) is 11.5 Å². The van der Waals surface area contributed by atoms with Gasteiger partial charge in [-0.15, -0.1) is 11.3 Å². The fraction of sp³-hybridized carbons (Fsp3) is 0.643. The molecule has 1 unspecified atom stereocenters. The van der Waals surface area contributed by atoms with Gasteiger partial charge in [0, 0.05) is 11.3 Å². The zero-order valence-electron chi connectivity index (χ0n) is 13.2. The lowest BCUT2D eigenvalue weighted by Crippen LogP contribution is -2.13. The second-order valence-electron chi connectivity index (χ2n) is 5.58. The molecule has 0 N–H and O–H groups in total. The Morgan fingerprint density at radius 2 is 2.00 bits per heavy atom. The van der Waals surface area contributed by atoms with E-state index in [1.165, 1.54) is 11.3 Å². The molecule has 122 valence electrons. The molecular formula is C14H21N3O3S2. The molecule has 0 aliphatic heterocycles. The summed E-state index contributed by atoms with van der Waals surface area (Å²) in [6.45, 7) is 7.50. The molecule has 0 saturated heterocycles. The van der Waals surface area contributed by atoms with Crippen LogP contribution in [-0.4, -0.2) is 23.5 Å². The highest BCUT2D eigenvalue weighted by atomic mass is 32.2. The lowest BCUT2D eigenvalue weighted by atomic mass is 10.2. The third kappa shape index (κ3) is 3.92. The first-order chi connectivity index (χ1) is 10.3. The highest BCUT2D eigenvalue weighted by Gasteiger charge is 2.29. The van der Waals surface area contributed by atoms with E-state index in [4.69, 9.17) is 4.52 Å². The number of aryl methyl sites for hydroxylation is 1. The van der Waals surface area contributed by atoms with E-state index in [0.717, 1.165) is 17.8 Å². The molecule has 8 heteroatoms. The van der Waals surface area contributed by atoms with E-state index >= 15 is 0 Å². The smallest absolute Gasteiger partial charge is 0.244 e. The summed E-state index contributed by atoms with van der Waals surface area (Å²) in [6.07, 6.45) is 1.87. The van der Waals surface area contributed by atoms with Crippen molar-refractivity contribution < 1.29 is 12.9 Å². The van der Waals surface area contributed by atoms with Gasteiger partial charge in [0.25, 0.3) is 0 Å². The van der Waals surface area contributed by atoms with Crippen molar-refractivity contribution in [3.63, 3.8) is 0 Å². The van der Waals surface area contributed by atoms with Gasteiger partial charge in [0.2, 0.25) is 5.89 Å². The van der Waals surface area contributed by atoms with E-state index in [1.54, 1.807) is 6.92 Å². The van der Waals surface area contributed by atoms with Crippen LogP contribution in [0, 0.1) is 0 Å². The minimum Gasteiger partial charge on any atom is -0.338 e. The van der Waals surface area contributed by atoms with Crippen molar-refractivity contribution in [2.75, 3.05) is 0 Å². The van der Waals surface area contributed by atoms with E-state index in [9.17, 15) is 8.42 Å². The number of hydrogen-bond donors (Lipinski definition) is 0. The van der Waals surface area contributed by atoms with Crippen LogP contribution in [0.5, 0.6) is 0 Å². The third-order valence-corrected chi connectivity index (χ3v) is 6.21. The van der Waals surface area contributed by atoms with Crippen LogP contribution in [0.4, 0.5) is 0 Å². The molecule has 2 heterocycles. The summed E-state index contributed by atoms with van der Waals surface area (Å²) in [5, 5.41) is 5.77. The summed E-state index contributed by atoms with van der Waals surface area (Å²) in [4.78, 5) is 8.54. The van der Waals surface area contributed by atoms with Crippen LogP contribution in [0.1, 0.15) is 67.7 Å². The van der Waals surface area contributed by atoms with Crippen LogP contribution in [0.2, 0.25) is 0 Å². The molecule has 22 heavy (non-hydrogen) atoms. The van der Waals surface area contributed by atoms with E-state index < -0.39 is 15.1 Å². The van der Waals surface area contributed by atoms with Crippen LogP contribution in [0.15, 0.2) is 9.90 Å². The Bertz CT molecular complexity index is 719. The summed E-state index contributed by atoms with van der Waals surface area (Å²) in [5.74, 6) is 0.666. The highest BCUT2D eigenvalue weighted by molar-refractivity contribution is 7.90. The molecule has 0 aromatic carbocycles. The van der Waals surface area contributed by atoms with Crippen LogP contribution in [0.25, 0.3) is 0 Å². The molecule has 1 atom stereocenters. The quantitative estimate of drug-likeness (QED) is 0.767. The average Bonchev–Trinajstić information content (AvgIpc) is 3.07. The van der Waals surface area contributed by atoms with Crippen molar-refractivity contribution in [2.45, 2.75) is 57.5 Å². The molecule has 0 bridgehead atoms. The zero-order valence-corrected chi connectivity index (χ0v) is 14.9. The molecule has 2 rings (SSSR count). The van der Waals surface area contributed by atoms with Crippen molar-refractivity contribution >= 4 is 21.2 Å². The van der Waals surface area contributed by atoms with Crippen molar-refractivity contribution in [3.05, 3.63) is 27.8 Å². The maximum absolute atomic E-state index is 12.5. The van der Waals surface area contributed by atoms with Crippen molar-refractivity contribution in [2.24, 2.45) is 0 Å². The fourth-order valence-corrected chi connectivity index (χ4v) is 4.09. The van der Waals surface area contributed by atoms with Gasteiger partial charge in [0.05, 0.1) is 16.5 Å². The Hall–Kier alpha value is -1.28. The lowest BCUT2D eigenvalue weighted by molar-refractivity contribution is 0.369. The normalized spacial score (nSPS) is 13.7.